The summed E-state index contributed by atoms with van der Waals surface area (Å²) in [7, 11) is 1.93. The van der Waals surface area contributed by atoms with E-state index in [9.17, 15) is 0 Å². The average molecular weight is 434 g/mol. The zero-order chi connectivity index (χ0) is 21.9. The van der Waals surface area contributed by atoms with Gasteiger partial charge in [0, 0.05) is 31.3 Å². The monoisotopic (exact) mass is 433 g/mol. The standard InChI is InChI=1S/C24H31N7O/c1-15-16(2)27-22-21(26-15)20(17-4-6-24(7-5-17)8-9-24)28-23(29-22)31-10-11-32-19(14-31)18-12-25-30(3)13-18/h12-13,17,19H,4-11,14H2,1-3H3. The first-order valence-electron chi connectivity index (χ1n) is 11.9. The van der Waals surface area contributed by atoms with Crippen molar-refractivity contribution in [2.45, 2.75) is 64.4 Å². The highest BCUT2D eigenvalue weighted by atomic mass is 16.5. The van der Waals surface area contributed by atoms with Gasteiger partial charge in [-0.3, -0.25) is 4.68 Å². The molecule has 8 nitrogen and oxygen atoms in total. The molecule has 4 heterocycles. The maximum Gasteiger partial charge on any atom is 0.227 e. The molecule has 0 N–H and O–H groups in total. The lowest BCUT2D eigenvalue weighted by atomic mass is 9.78. The highest BCUT2D eigenvalue weighted by Crippen LogP contribution is 2.58. The first-order chi connectivity index (χ1) is 15.5. The minimum atomic E-state index is -0.0320. The third-order valence-electron chi connectivity index (χ3n) is 7.79. The van der Waals surface area contributed by atoms with Gasteiger partial charge in [-0.1, -0.05) is 0 Å². The summed E-state index contributed by atoms with van der Waals surface area (Å²) in [4.78, 5) is 22.0. The van der Waals surface area contributed by atoms with Crippen molar-refractivity contribution >= 4 is 17.1 Å². The van der Waals surface area contributed by atoms with Crippen LogP contribution in [-0.2, 0) is 11.8 Å². The first-order valence-corrected chi connectivity index (χ1v) is 11.9. The number of nitrogens with zero attached hydrogens (tertiary/aromatic N) is 7. The van der Waals surface area contributed by atoms with Gasteiger partial charge in [0.25, 0.3) is 0 Å². The van der Waals surface area contributed by atoms with E-state index in [4.69, 9.17) is 24.7 Å². The lowest BCUT2D eigenvalue weighted by Crippen LogP contribution is -2.39. The molecule has 0 amide bonds. The van der Waals surface area contributed by atoms with Crippen molar-refractivity contribution in [1.29, 1.82) is 0 Å². The average Bonchev–Trinajstić information content (AvgIpc) is 3.41. The number of hydrogen-bond acceptors (Lipinski definition) is 7. The van der Waals surface area contributed by atoms with Crippen LogP contribution in [0.5, 0.6) is 0 Å². The SMILES string of the molecule is Cc1nc2nc(N3CCOC(c4cnn(C)c4)C3)nc(C3CCC4(CC3)CC4)c2nc1C. The fraction of sp³-hybridized carbons (Fsp3) is 0.625. The predicted octanol–water partition coefficient (Wildman–Crippen LogP) is 3.79. The molecule has 8 heteroatoms. The van der Waals surface area contributed by atoms with Gasteiger partial charge >= 0.3 is 0 Å². The van der Waals surface area contributed by atoms with Gasteiger partial charge in [0.05, 0.1) is 36.4 Å². The Morgan fingerprint density at radius 3 is 2.50 bits per heavy atom. The number of ether oxygens (including phenoxy) is 1. The molecule has 3 aromatic heterocycles. The molecule has 2 aliphatic carbocycles. The van der Waals surface area contributed by atoms with Gasteiger partial charge < -0.3 is 9.64 Å². The van der Waals surface area contributed by atoms with Crippen LogP contribution >= 0.6 is 0 Å². The van der Waals surface area contributed by atoms with Crippen LogP contribution in [0.15, 0.2) is 12.4 Å². The van der Waals surface area contributed by atoms with Crippen LogP contribution in [0.4, 0.5) is 5.95 Å². The molecule has 2 saturated carbocycles. The Balaban J connectivity index is 1.36. The normalized spacial score (nSPS) is 23.2. The quantitative estimate of drug-likeness (QED) is 0.621. The van der Waals surface area contributed by atoms with E-state index in [1.807, 2.05) is 38.0 Å². The number of aryl methyl sites for hydroxylation is 3. The molecule has 1 saturated heterocycles. The Morgan fingerprint density at radius 1 is 1.00 bits per heavy atom. The lowest BCUT2D eigenvalue weighted by molar-refractivity contribution is 0.0392. The molecule has 168 valence electrons. The van der Waals surface area contributed by atoms with Crippen LogP contribution in [0.25, 0.3) is 11.2 Å². The van der Waals surface area contributed by atoms with E-state index in [1.54, 1.807) is 0 Å². The topological polar surface area (TPSA) is 81.9 Å². The molecule has 3 aromatic rings. The molecule has 1 atom stereocenters. The Hall–Kier alpha value is -2.61. The van der Waals surface area contributed by atoms with E-state index in [2.05, 4.69) is 10.00 Å². The van der Waals surface area contributed by atoms with Crippen molar-refractivity contribution in [2.75, 3.05) is 24.6 Å². The fourth-order valence-electron chi connectivity index (χ4n) is 5.37. The molecule has 1 aliphatic heterocycles. The lowest BCUT2D eigenvalue weighted by Gasteiger charge is -2.33. The van der Waals surface area contributed by atoms with E-state index in [0.29, 0.717) is 24.5 Å². The van der Waals surface area contributed by atoms with Gasteiger partial charge in [-0.05, 0) is 57.8 Å². The van der Waals surface area contributed by atoms with Crippen molar-refractivity contribution in [3.63, 3.8) is 0 Å². The molecule has 3 fully saturated rings. The van der Waals surface area contributed by atoms with Gasteiger partial charge in [0.15, 0.2) is 5.65 Å². The van der Waals surface area contributed by atoms with E-state index < -0.39 is 0 Å². The van der Waals surface area contributed by atoms with E-state index >= 15 is 0 Å². The van der Waals surface area contributed by atoms with Crippen LogP contribution in [-0.4, -0.2) is 49.4 Å². The molecule has 0 aromatic carbocycles. The number of morpholine rings is 1. The third-order valence-corrected chi connectivity index (χ3v) is 7.79. The Morgan fingerprint density at radius 2 is 1.78 bits per heavy atom. The van der Waals surface area contributed by atoms with Crippen molar-refractivity contribution in [2.24, 2.45) is 12.5 Å². The van der Waals surface area contributed by atoms with Gasteiger partial charge in [-0.2, -0.15) is 10.1 Å². The Kier molecular flexibility index (Phi) is 4.68. The minimum absolute atomic E-state index is 0.0320. The molecular weight excluding hydrogens is 402 g/mol. The molecule has 1 spiro atoms. The van der Waals surface area contributed by atoms with Crippen molar-refractivity contribution in [1.82, 2.24) is 29.7 Å². The van der Waals surface area contributed by atoms with Gasteiger partial charge in [0.1, 0.15) is 11.6 Å². The summed E-state index contributed by atoms with van der Waals surface area (Å²) < 4.78 is 7.87. The fourth-order valence-corrected chi connectivity index (χ4v) is 5.37. The van der Waals surface area contributed by atoms with Gasteiger partial charge in [0.2, 0.25) is 5.95 Å². The summed E-state index contributed by atoms with van der Waals surface area (Å²) in [5.41, 5.74) is 6.36. The zero-order valence-electron chi connectivity index (χ0n) is 19.2. The number of aromatic nitrogens is 6. The minimum Gasteiger partial charge on any atom is -0.370 e. The van der Waals surface area contributed by atoms with Gasteiger partial charge in [-0.25, -0.2) is 15.0 Å². The molecule has 1 unspecified atom stereocenters. The second-order valence-corrected chi connectivity index (χ2v) is 10.0. The molecule has 32 heavy (non-hydrogen) atoms. The second-order valence-electron chi connectivity index (χ2n) is 10.0. The molecule has 0 bridgehead atoms. The Labute approximate surface area is 188 Å². The maximum absolute atomic E-state index is 6.05. The van der Waals surface area contributed by atoms with Crippen LogP contribution in [0, 0.1) is 19.3 Å². The van der Waals surface area contributed by atoms with E-state index in [-0.39, 0.29) is 6.10 Å². The van der Waals surface area contributed by atoms with E-state index in [0.717, 1.165) is 46.3 Å². The number of fused-ring (bicyclic) bond motifs is 1. The van der Waals surface area contributed by atoms with Crippen LogP contribution in [0.1, 0.15) is 73.2 Å². The van der Waals surface area contributed by atoms with E-state index in [1.165, 1.54) is 38.5 Å². The molecule has 6 rings (SSSR count). The highest BCUT2D eigenvalue weighted by molar-refractivity contribution is 5.75. The number of rotatable bonds is 3. The molecular formula is C24H31N7O. The van der Waals surface area contributed by atoms with Crippen LogP contribution in [0.2, 0.25) is 0 Å². The smallest absolute Gasteiger partial charge is 0.227 e. The van der Waals surface area contributed by atoms with Gasteiger partial charge in [-0.15, -0.1) is 0 Å². The van der Waals surface area contributed by atoms with Crippen LogP contribution < -0.4 is 4.90 Å². The summed E-state index contributed by atoms with van der Waals surface area (Å²) in [5, 5.41) is 4.31. The summed E-state index contributed by atoms with van der Waals surface area (Å²) in [6.07, 6.45) is 11.7. The summed E-state index contributed by atoms with van der Waals surface area (Å²) in [6, 6.07) is 0. The first kappa shape index (κ1) is 20.0. The maximum atomic E-state index is 6.05. The summed E-state index contributed by atoms with van der Waals surface area (Å²) >= 11 is 0. The summed E-state index contributed by atoms with van der Waals surface area (Å²) in [5.74, 6) is 1.20. The van der Waals surface area contributed by atoms with Crippen molar-refractivity contribution < 1.29 is 4.74 Å². The van der Waals surface area contributed by atoms with Crippen molar-refractivity contribution in [3.05, 3.63) is 35.0 Å². The largest absolute Gasteiger partial charge is 0.370 e. The predicted molar refractivity (Wildman–Crippen MR) is 122 cm³/mol. The highest BCUT2D eigenvalue weighted by Gasteiger charge is 2.45. The number of hydrogen-bond donors (Lipinski definition) is 0. The second kappa shape index (κ2) is 7.47. The number of anilines is 1. The third kappa shape index (κ3) is 3.54. The zero-order valence-corrected chi connectivity index (χ0v) is 19.2. The molecule has 0 radical (unpaired) electrons. The molecule has 3 aliphatic rings. The van der Waals surface area contributed by atoms with Crippen LogP contribution in [0.3, 0.4) is 0 Å². The Bertz CT molecular complexity index is 1160. The summed E-state index contributed by atoms with van der Waals surface area (Å²) in [6.45, 7) is 6.16. The van der Waals surface area contributed by atoms with Crippen molar-refractivity contribution in [3.8, 4) is 0 Å².